The maximum absolute atomic E-state index is 14.2. The highest BCUT2D eigenvalue weighted by Crippen LogP contribution is 2.27. The average Bonchev–Trinajstić information content (AvgIpc) is 2.78. The van der Waals surface area contributed by atoms with Crippen LogP contribution < -0.4 is 4.74 Å². The number of carboxylic acids is 1. The Balaban J connectivity index is 1.74. The molecule has 0 fully saturated rings. The predicted molar refractivity (Wildman–Crippen MR) is 118 cm³/mol. The van der Waals surface area contributed by atoms with Crippen LogP contribution in [0.25, 0.3) is 11.1 Å². The first-order chi connectivity index (χ1) is 14.9. The number of benzene rings is 3. The van der Waals surface area contributed by atoms with Gasteiger partial charge >= 0.3 is 5.97 Å². The summed E-state index contributed by atoms with van der Waals surface area (Å²) in [6, 6.07) is 17.8. The predicted octanol–water partition coefficient (Wildman–Crippen LogP) is 5.36. The van der Waals surface area contributed by atoms with E-state index in [1.165, 1.54) is 6.07 Å². The molecule has 0 radical (unpaired) electrons. The Bertz CT molecular complexity index is 1070. The van der Waals surface area contributed by atoms with E-state index < -0.39 is 11.9 Å². The first-order valence-corrected chi connectivity index (χ1v) is 10.1. The second-order valence-corrected chi connectivity index (χ2v) is 7.64. The number of halogens is 1. The van der Waals surface area contributed by atoms with Crippen molar-refractivity contribution in [2.45, 2.75) is 26.2 Å². The van der Waals surface area contributed by atoms with Crippen molar-refractivity contribution in [2.24, 2.45) is 5.92 Å². The van der Waals surface area contributed by atoms with Crippen LogP contribution in [0.3, 0.4) is 0 Å². The summed E-state index contributed by atoms with van der Waals surface area (Å²) in [4.78, 5) is 22.5. The molecule has 3 rings (SSSR count). The lowest BCUT2D eigenvalue weighted by molar-refractivity contribution is -0.141. The summed E-state index contributed by atoms with van der Waals surface area (Å²) >= 11 is 0. The van der Waals surface area contributed by atoms with Crippen LogP contribution in [-0.2, 0) is 24.1 Å². The molecular weight excluding hydrogens is 395 g/mol. The highest BCUT2D eigenvalue weighted by Gasteiger charge is 2.13. The molecule has 0 aliphatic heterocycles. The Hall–Kier alpha value is -3.47. The maximum atomic E-state index is 14.2. The van der Waals surface area contributed by atoms with Crippen molar-refractivity contribution >= 4 is 12.3 Å². The fourth-order valence-corrected chi connectivity index (χ4v) is 3.54. The Kier molecular flexibility index (Phi) is 7.19. The second kappa shape index (κ2) is 10.0. The molecule has 1 N–H and O–H groups in total. The Morgan fingerprint density at radius 2 is 1.74 bits per heavy atom. The third-order valence-electron chi connectivity index (χ3n) is 5.42. The first kappa shape index (κ1) is 22.2. The molecule has 160 valence electrons. The normalized spacial score (nSPS) is 11.7. The lowest BCUT2D eigenvalue weighted by Gasteiger charge is -2.11. The molecule has 0 aliphatic rings. The van der Waals surface area contributed by atoms with Gasteiger partial charge in [-0.25, -0.2) is 4.39 Å². The summed E-state index contributed by atoms with van der Waals surface area (Å²) in [7, 11) is 1.55. The highest BCUT2D eigenvalue weighted by atomic mass is 19.1. The fraction of sp³-hybridized carbons (Fsp3) is 0.231. The molecule has 0 saturated heterocycles. The number of carbonyl (C=O) groups excluding carboxylic acids is 1. The Morgan fingerprint density at radius 3 is 2.39 bits per heavy atom. The summed E-state index contributed by atoms with van der Waals surface area (Å²) in [5.74, 6) is -1.04. The van der Waals surface area contributed by atoms with E-state index in [0.29, 0.717) is 36.1 Å². The molecule has 4 nitrogen and oxygen atoms in total. The van der Waals surface area contributed by atoms with Crippen molar-refractivity contribution in [3.05, 3.63) is 88.7 Å². The zero-order chi connectivity index (χ0) is 22.4. The molecule has 0 aliphatic carbocycles. The topological polar surface area (TPSA) is 63.6 Å². The van der Waals surface area contributed by atoms with Crippen LogP contribution in [0, 0.1) is 11.7 Å². The van der Waals surface area contributed by atoms with E-state index in [4.69, 9.17) is 9.84 Å². The minimum absolute atomic E-state index is 0.309. The molecule has 31 heavy (non-hydrogen) atoms. The molecule has 0 saturated carbocycles. The number of carbonyl (C=O) groups is 2. The summed E-state index contributed by atoms with van der Waals surface area (Å²) < 4.78 is 19.4. The second-order valence-electron chi connectivity index (χ2n) is 7.64. The quantitative estimate of drug-likeness (QED) is 0.473. The van der Waals surface area contributed by atoms with E-state index in [1.54, 1.807) is 32.2 Å². The van der Waals surface area contributed by atoms with Gasteiger partial charge in [-0.1, -0.05) is 49.4 Å². The van der Waals surface area contributed by atoms with Gasteiger partial charge in [-0.3, -0.25) is 9.59 Å². The van der Waals surface area contributed by atoms with E-state index in [2.05, 4.69) is 0 Å². The van der Waals surface area contributed by atoms with Crippen molar-refractivity contribution in [3.8, 4) is 16.9 Å². The van der Waals surface area contributed by atoms with Crippen LogP contribution in [0.15, 0.2) is 60.7 Å². The number of methoxy groups -OCH3 is 1. The number of aliphatic carboxylic acids is 1. The van der Waals surface area contributed by atoms with Crippen LogP contribution in [0.5, 0.6) is 5.75 Å². The summed E-state index contributed by atoms with van der Waals surface area (Å²) in [5, 5.41) is 9.13. The Morgan fingerprint density at radius 1 is 1.03 bits per heavy atom. The summed E-state index contributed by atoms with van der Waals surface area (Å²) in [6.45, 7) is 1.67. The van der Waals surface area contributed by atoms with Crippen LogP contribution in [-0.4, -0.2) is 24.5 Å². The van der Waals surface area contributed by atoms with E-state index in [0.717, 1.165) is 28.5 Å². The van der Waals surface area contributed by atoms with Gasteiger partial charge in [0.15, 0.2) is 0 Å². The zero-order valence-electron chi connectivity index (χ0n) is 17.6. The standard InChI is InChI=1S/C26H25FO4/c1-17(26(29)30)13-19-6-10-22(16-28)21(14-19)9-5-18-3-7-20(8-4-18)24-15-23(31-2)11-12-25(24)27/h3-4,6-8,10-12,14-17H,5,9,13H2,1-2H3,(H,29,30). The lowest BCUT2D eigenvalue weighted by atomic mass is 9.94. The number of hydrogen-bond acceptors (Lipinski definition) is 3. The molecule has 0 heterocycles. The Labute approximate surface area is 181 Å². The fourth-order valence-electron chi connectivity index (χ4n) is 3.54. The lowest BCUT2D eigenvalue weighted by Crippen LogP contribution is -2.12. The van der Waals surface area contributed by atoms with Gasteiger partial charge < -0.3 is 9.84 Å². The third-order valence-corrected chi connectivity index (χ3v) is 5.42. The van der Waals surface area contributed by atoms with Crippen molar-refractivity contribution in [2.75, 3.05) is 7.11 Å². The van der Waals surface area contributed by atoms with Crippen molar-refractivity contribution in [1.82, 2.24) is 0 Å². The summed E-state index contributed by atoms with van der Waals surface area (Å²) in [5.41, 5.74) is 4.72. The smallest absolute Gasteiger partial charge is 0.306 e. The van der Waals surface area contributed by atoms with Crippen LogP contribution in [0.4, 0.5) is 4.39 Å². The molecular formula is C26H25FO4. The first-order valence-electron chi connectivity index (χ1n) is 10.1. The largest absolute Gasteiger partial charge is 0.497 e. The molecule has 3 aromatic carbocycles. The maximum Gasteiger partial charge on any atom is 0.306 e. The number of aryl methyl sites for hydroxylation is 2. The van der Waals surface area contributed by atoms with Gasteiger partial charge in [0, 0.05) is 11.1 Å². The minimum atomic E-state index is -0.839. The molecule has 0 bridgehead atoms. The summed E-state index contributed by atoms with van der Waals surface area (Å²) in [6.07, 6.45) is 2.60. The SMILES string of the molecule is COc1ccc(F)c(-c2ccc(CCc3cc(CC(C)C(=O)O)ccc3C=O)cc2)c1. The van der Waals surface area contributed by atoms with Gasteiger partial charge in [0.2, 0.25) is 0 Å². The molecule has 0 amide bonds. The molecule has 5 heteroatoms. The zero-order valence-corrected chi connectivity index (χ0v) is 17.6. The van der Waals surface area contributed by atoms with E-state index in [1.807, 2.05) is 36.4 Å². The van der Waals surface area contributed by atoms with Gasteiger partial charge in [0.1, 0.15) is 17.9 Å². The minimum Gasteiger partial charge on any atom is -0.497 e. The average molecular weight is 420 g/mol. The third kappa shape index (κ3) is 5.57. The van der Waals surface area contributed by atoms with Crippen LogP contribution in [0.1, 0.15) is 34.0 Å². The van der Waals surface area contributed by atoms with Gasteiger partial charge in [-0.15, -0.1) is 0 Å². The number of ether oxygens (including phenoxy) is 1. The molecule has 0 aromatic heterocycles. The number of rotatable bonds is 9. The molecule has 3 aromatic rings. The number of aldehydes is 1. The van der Waals surface area contributed by atoms with Crippen molar-refractivity contribution in [3.63, 3.8) is 0 Å². The van der Waals surface area contributed by atoms with Crippen molar-refractivity contribution < 1.29 is 23.8 Å². The monoisotopic (exact) mass is 420 g/mol. The van der Waals surface area contributed by atoms with E-state index in [9.17, 15) is 14.0 Å². The molecule has 1 unspecified atom stereocenters. The van der Waals surface area contributed by atoms with Gasteiger partial charge in [0.05, 0.1) is 13.0 Å². The van der Waals surface area contributed by atoms with E-state index >= 15 is 0 Å². The number of carboxylic acid groups (broad SMARTS) is 1. The van der Waals surface area contributed by atoms with Gasteiger partial charge in [0.25, 0.3) is 0 Å². The highest BCUT2D eigenvalue weighted by molar-refractivity contribution is 5.77. The van der Waals surface area contributed by atoms with Crippen LogP contribution in [0.2, 0.25) is 0 Å². The van der Waals surface area contributed by atoms with Crippen LogP contribution >= 0.6 is 0 Å². The van der Waals surface area contributed by atoms with Gasteiger partial charge in [-0.2, -0.15) is 0 Å². The van der Waals surface area contributed by atoms with Crippen molar-refractivity contribution in [1.29, 1.82) is 0 Å². The van der Waals surface area contributed by atoms with Gasteiger partial charge in [-0.05, 0) is 59.7 Å². The molecule has 0 spiro atoms. The van der Waals surface area contributed by atoms with E-state index in [-0.39, 0.29) is 5.82 Å². The number of hydrogen-bond donors (Lipinski definition) is 1. The molecule has 1 atom stereocenters.